The molecule has 4 rings (SSSR count). The van der Waals surface area contributed by atoms with Crippen LogP contribution in [0.5, 0.6) is 0 Å². The Morgan fingerprint density at radius 2 is 2.07 bits per heavy atom. The molecule has 1 aliphatic carbocycles. The zero-order valence-corrected chi connectivity index (χ0v) is 15.3. The van der Waals surface area contributed by atoms with E-state index in [0.29, 0.717) is 24.1 Å². The molecule has 3 aromatic rings. The van der Waals surface area contributed by atoms with Crippen molar-refractivity contribution < 1.29 is 4.79 Å². The van der Waals surface area contributed by atoms with E-state index in [-0.39, 0.29) is 11.5 Å². The van der Waals surface area contributed by atoms with Crippen LogP contribution < -0.4 is 16.2 Å². The Kier molecular flexibility index (Phi) is 4.35. The number of benzene rings is 1. The molecule has 0 aliphatic heterocycles. The van der Waals surface area contributed by atoms with Crippen LogP contribution in [-0.4, -0.2) is 20.4 Å². The predicted octanol–water partition coefficient (Wildman–Crippen LogP) is 3.21. The number of aryl methyl sites for hydroxylation is 1. The lowest BCUT2D eigenvalue weighted by atomic mass is 10.2. The highest BCUT2D eigenvalue weighted by atomic mass is 16.1. The van der Waals surface area contributed by atoms with E-state index in [1.807, 2.05) is 25.1 Å². The van der Waals surface area contributed by atoms with Crippen LogP contribution in [0.15, 0.2) is 41.3 Å². The summed E-state index contributed by atoms with van der Waals surface area (Å²) in [5.74, 6) is 0.855. The van der Waals surface area contributed by atoms with Crippen LogP contribution in [0.25, 0.3) is 11.0 Å². The monoisotopic (exact) mass is 363 g/mol. The number of carbonyl (C=O) groups excluding carboxylic acids is 1. The third-order valence-electron chi connectivity index (χ3n) is 4.67. The third-order valence-corrected chi connectivity index (χ3v) is 4.67. The minimum atomic E-state index is -0.124. The van der Waals surface area contributed by atoms with Crippen LogP contribution in [-0.2, 0) is 11.3 Å². The Balaban J connectivity index is 1.68. The number of nitrogens with one attached hydrogen (secondary N) is 2. The zero-order chi connectivity index (χ0) is 19.0. The molecule has 0 atom stereocenters. The highest BCUT2D eigenvalue weighted by Crippen LogP contribution is 2.31. The first-order valence-electron chi connectivity index (χ1n) is 9.01. The van der Waals surface area contributed by atoms with E-state index in [1.165, 1.54) is 6.92 Å². The summed E-state index contributed by atoms with van der Waals surface area (Å²) in [6, 6.07) is 8.98. The van der Waals surface area contributed by atoms with Crippen molar-refractivity contribution in [1.82, 2.24) is 14.5 Å². The fraction of sp³-hybridized carbons (Fsp3) is 0.300. The van der Waals surface area contributed by atoms with Crippen molar-refractivity contribution in [3.05, 3.63) is 52.4 Å². The molecule has 1 aliphatic rings. The molecule has 2 heterocycles. The van der Waals surface area contributed by atoms with Gasteiger partial charge in [-0.1, -0.05) is 6.07 Å². The van der Waals surface area contributed by atoms with Gasteiger partial charge in [0.1, 0.15) is 5.65 Å². The number of nitrogens with zero attached hydrogens (tertiary/aromatic N) is 3. The summed E-state index contributed by atoms with van der Waals surface area (Å²) in [6.45, 7) is 4.10. The first-order chi connectivity index (χ1) is 13.0. The quantitative estimate of drug-likeness (QED) is 0.727. The predicted molar refractivity (Wildman–Crippen MR) is 105 cm³/mol. The van der Waals surface area contributed by atoms with Gasteiger partial charge >= 0.3 is 0 Å². The number of pyridine rings is 1. The Bertz CT molecular complexity index is 1090. The Morgan fingerprint density at radius 1 is 1.26 bits per heavy atom. The average molecular weight is 363 g/mol. The van der Waals surface area contributed by atoms with Crippen molar-refractivity contribution in [3.8, 4) is 0 Å². The highest BCUT2D eigenvalue weighted by Gasteiger charge is 2.23. The van der Waals surface area contributed by atoms with Crippen LogP contribution in [0.4, 0.5) is 17.3 Å². The number of fused-ring (bicyclic) bond motifs is 1. The van der Waals surface area contributed by atoms with Gasteiger partial charge in [0, 0.05) is 42.5 Å². The molecule has 7 nitrogen and oxygen atoms in total. The number of aromatic nitrogens is 3. The number of rotatable bonds is 5. The summed E-state index contributed by atoms with van der Waals surface area (Å²) in [7, 11) is 0. The maximum atomic E-state index is 12.3. The molecule has 0 spiro atoms. The van der Waals surface area contributed by atoms with E-state index in [2.05, 4.69) is 20.6 Å². The van der Waals surface area contributed by atoms with Crippen LogP contribution in [0.2, 0.25) is 0 Å². The second kappa shape index (κ2) is 6.83. The van der Waals surface area contributed by atoms with E-state index in [4.69, 9.17) is 0 Å². The van der Waals surface area contributed by atoms with Crippen molar-refractivity contribution in [1.29, 1.82) is 0 Å². The minimum Gasteiger partial charge on any atom is -0.326 e. The number of hydrogen-bond donors (Lipinski definition) is 2. The first kappa shape index (κ1) is 17.2. The van der Waals surface area contributed by atoms with Crippen LogP contribution in [0.1, 0.15) is 25.3 Å². The van der Waals surface area contributed by atoms with Crippen molar-refractivity contribution >= 4 is 34.3 Å². The molecule has 0 radical (unpaired) electrons. The molecule has 0 saturated heterocycles. The first-order valence-corrected chi connectivity index (χ1v) is 9.01. The summed E-state index contributed by atoms with van der Waals surface area (Å²) >= 11 is 0. The molecular formula is C20H21N5O2. The van der Waals surface area contributed by atoms with Gasteiger partial charge in [0.05, 0.1) is 0 Å². The normalized spacial score (nSPS) is 13.6. The lowest BCUT2D eigenvalue weighted by Crippen LogP contribution is -2.21. The Hall–Kier alpha value is -3.22. The Labute approximate surface area is 156 Å². The molecule has 27 heavy (non-hydrogen) atoms. The maximum Gasteiger partial charge on any atom is 0.252 e. The molecular weight excluding hydrogens is 342 g/mol. The lowest BCUT2D eigenvalue weighted by molar-refractivity contribution is -0.114. The van der Waals surface area contributed by atoms with E-state index in [9.17, 15) is 9.59 Å². The fourth-order valence-electron chi connectivity index (χ4n) is 3.02. The second-order valence-corrected chi connectivity index (χ2v) is 7.03. The molecule has 138 valence electrons. The van der Waals surface area contributed by atoms with E-state index >= 15 is 0 Å². The van der Waals surface area contributed by atoms with E-state index < -0.39 is 0 Å². The van der Waals surface area contributed by atoms with Crippen molar-refractivity contribution in [3.63, 3.8) is 0 Å². The fourth-order valence-corrected chi connectivity index (χ4v) is 3.02. The average Bonchev–Trinajstić information content (AvgIpc) is 3.44. The van der Waals surface area contributed by atoms with Crippen molar-refractivity contribution in [2.24, 2.45) is 5.92 Å². The van der Waals surface area contributed by atoms with Gasteiger partial charge in [-0.2, -0.15) is 4.98 Å². The van der Waals surface area contributed by atoms with Crippen LogP contribution >= 0.6 is 0 Å². The van der Waals surface area contributed by atoms with Gasteiger partial charge in [-0.25, -0.2) is 4.98 Å². The van der Waals surface area contributed by atoms with Gasteiger partial charge in [0.25, 0.3) is 5.56 Å². The van der Waals surface area contributed by atoms with Crippen molar-refractivity contribution in [2.45, 2.75) is 33.2 Å². The lowest BCUT2D eigenvalue weighted by Gasteiger charge is -2.12. The van der Waals surface area contributed by atoms with Crippen molar-refractivity contribution in [2.75, 3.05) is 10.6 Å². The van der Waals surface area contributed by atoms with Gasteiger partial charge in [-0.05, 0) is 49.4 Å². The number of hydrogen-bond acceptors (Lipinski definition) is 5. The van der Waals surface area contributed by atoms with Crippen LogP contribution in [0, 0.1) is 12.8 Å². The van der Waals surface area contributed by atoms with Crippen LogP contribution in [0.3, 0.4) is 0 Å². The highest BCUT2D eigenvalue weighted by molar-refractivity contribution is 5.90. The standard InChI is InChI=1S/C20H21N5O2/c1-12-3-7-16(9-17(12)22-13(2)26)23-20-21-10-15-6-8-18(27)25(19(15)24-20)11-14-4-5-14/h3,6-10,14H,4-5,11H2,1-2H3,(H,22,26)(H,21,23,24). The number of carbonyl (C=O) groups is 1. The maximum absolute atomic E-state index is 12.3. The van der Waals surface area contributed by atoms with Gasteiger partial charge < -0.3 is 10.6 Å². The topological polar surface area (TPSA) is 88.9 Å². The molecule has 2 aromatic heterocycles. The SMILES string of the molecule is CC(=O)Nc1cc(Nc2ncc3ccc(=O)n(CC4CC4)c3n2)ccc1C. The summed E-state index contributed by atoms with van der Waals surface area (Å²) in [6.07, 6.45) is 4.04. The van der Waals surface area contributed by atoms with Gasteiger partial charge in [-0.3, -0.25) is 14.2 Å². The molecule has 1 saturated carbocycles. The molecule has 1 fully saturated rings. The largest absolute Gasteiger partial charge is 0.326 e. The summed E-state index contributed by atoms with van der Waals surface area (Å²) < 4.78 is 1.73. The summed E-state index contributed by atoms with van der Waals surface area (Å²) in [5.41, 5.74) is 3.06. The smallest absolute Gasteiger partial charge is 0.252 e. The zero-order valence-electron chi connectivity index (χ0n) is 15.3. The summed E-state index contributed by atoms with van der Waals surface area (Å²) in [4.78, 5) is 32.6. The molecule has 1 aromatic carbocycles. The minimum absolute atomic E-state index is 0.0395. The van der Waals surface area contributed by atoms with Gasteiger partial charge in [0.2, 0.25) is 11.9 Å². The molecule has 1 amide bonds. The second-order valence-electron chi connectivity index (χ2n) is 7.03. The number of amides is 1. The molecule has 0 bridgehead atoms. The van der Waals surface area contributed by atoms with Gasteiger partial charge in [0.15, 0.2) is 0 Å². The number of anilines is 3. The molecule has 0 unspecified atom stereocenters. The van der Waals surface area contributed by atoms with E-state index in [0.717, 1.165) is 35.2 Å². The molecule has 2 N–H and O–H groups in total. The van der Waals surface area contributed by atoms with Gasteiger partial charge in [-0.15, -0.1) is 0 Å². The molecule has 7 heteroatoms. The van der Waals surface area contributed by atoms with E-state index in [1.54, 1.807) is 22.9 Å². The Morgan fingerprint density at radius 3 is 2.81 bits per heavy atom. The summed E-state index contributed by atoms with van der Waals surface area (Å²) in [5, 5.41) is 6.81. The third kappa shape index (κ3) is 3.81.